The molecule has 0 aromatic heterocycles. The Morgan fingerprint density at radius 3 is 2.12 bits per heavy atom. The van der Waals surface area contributed by atoms with Crippen LogP contribution in [-0.2, 0) is 15.0 Å². The maximum atomic E-state index is 12.8. The lowest BCUT2D eigenvalue weighted by Crippen LogP contribution is -2.59. The fourth-order valence-corrected chi connectivity index (χ4v) is 5.85. The number of anilines is 1. The number of amides is 2. The highest BCUT2D eigenvalue weighted by Crippen LogP contribution is 2.57. The predicted molar refractivity (Wildman–Crippen MR) is 123 cm³/mol. The molecule has 3 atom stereocenters. The highest BCUT2D eigenvalue weighted by atomic mass is 32.2. The van der Waals surface area contributed by atoms with Gasteiger partial charge in [0.05, 0.1) is 0 Å². The van der Waals surface area contributed by atoms with Crippen LogP contribution in [-0.4, -0.2) is 67.2 Å². The summed E-state index contributed by atoms with van der Waals surface area (Å²) in [5.41, 5.74) is -0.154. The zero-order chi connectivity index (χ0) is 23.6. The number of carbonyl (C=O) groups excluding carboxylic acids is 1. The molecule has 0 spiro atoms. The number of carbonyl (C=O) groups is 2. The summed E-state index contributed by atoms with van der Waals surface area (Å²) in [7, 11) is -4.16. The highest BCUT2D eigenvalue weighted by molar-refractivity contribution is 7.87. The number of hydrogen-bond acceptors (Lipinski definition) is 5. The Morgan fingerprint density at radius 1 is 0.970 bits per heavy atom. The summed E-state index contributed by atoms with van der Waals surface area (Å²) < 4.78 is 28.0. The van der Waals surface area contributed by atoms with Crippen molar-refractivity contribution in [1.82, 2.24) is 19.5 Å². The van der Waals surface area contributed by atoms with E-state index in [9.17, 15) is 23.1 Å². The van der Waals surface area contributed by atoms with Crippen LogP contribution in [0.25, 0.3) is 0 Å². The van der Waals surface area contributed by atoms with Gasteiger partial charge in [0, 0.05) is 37.8 Å². The first-order chi connectivity index (χ1) is 15.7. The summed E-state index contributed by atoms with van der Waals surface area (Å²) in [4.78, 5) is 28.5. The molecule has 1 saturated heterocycles. The summed E-state index contributed by atoms with van der Waals surface area (Å²) in [6.07, 6.45) is 0. The van der Waals surface area contributed by atoms with Gasteiger partial charge in [-0.3, -0.25) is 4.79 Å². The van der Waals surface area contributed by atoms with E-state index in [-0.39, 0.29) is 19.1 Å². The number of nitrogens with zero attached hydrogens (tertiary/aromatic N) is 2. The van der Waals surface area contributed by atoms with Gasteiger partial charge in [-0.2, -0.15) is 13.1 Å². The van der Waals surface area contributed by atoms with Gasteiger partial charge in [0.15, 0.2) is 0 Å². The van der Waals surface area contributed by atoms with E-state index in [1.54, 1.807) is 48.2 Å². The molecule has 2 aromatic carbocycles. The van der Waals surface area contributed by atoms with Gasteiger partial charge < -0.3 is 15.3 Å². The monoisotopic (exact) mass is 473 g/mol. The molecule has 1 aliphatic carbocycles. The van der Waals surface area contributed by atoms with Crippen LogP contribution in [0.15, 0.2) is 60.7 Å². The van der Waals surface area contributed by atoms with Crippen molar-refractivity contribution in [2.75, 3.05) is 31.5 Å². The van der Waals surface area contributed by atoms with Gasteiger partial charge in [-0.25, -0.2) is 9.80 Å². The van der Waals surface area contributed by atoms with Gasteiger partial charge in [-0.05, 0) is 23.6 Å². The fraction of sp³-hybridized carbons (Fsp3) is 0.364. The minimum atomic E-state index is -4.16. The van der Waals surface area contributed by atoms with E-state index in [1.165, 1.54) is 5.01 Å². The number of aliphatic carboxylic acids is 1. The third-order valence-corrected chi connectivity index (χ3v) is 7.36. The largest absolute Gasteiger partial charge is 0.480 e. The zero-order valence-corrected chi connectivity index (χ0v) is 19.0. The molecule has 2 fully saturated rings. The van der Waals surface area contributed by atoms with Crippen molar-refractivity contribution >= 4 is 27.9 Å². The third-order valence-electron chi connectivity index (χ3n) is 6.26. The molecule has 0 unspecified atom stereocenters. The molecule has 10 nitrogen and oxygen atoms in total. The van der Waals surface area contributed by atoms with Crippen molar-refractivity contribution in [3.05, 3.63) is 66.2 Å². The average Bonchev–Trinajstić information content (AvgIpc) is 3.38. The Labute approximate surface area is 192 Å². The molecule has 33 heavy (non-hydrogen) atoms. The third kappa shape index (κ3) is 4.86. The van der Waals surface area contributed by atoms with Crippen LogP contribution in [0.4, 0.5) is 10.5 Å². The van der Waals surface area contributed by atoms with Crippen LogP contribution in [0.2, 0.25) is 0 Å². The SMILES string of the molecule is C[C@@H]1[C@H](c2ccccc2)[C@]1(NS(=O)(=O)NN1CCN(C(=O)Nc2ccccc2)CC1)C(=O)O. The number of carboxylic acids is 1. The van der Waals surface area contributed by atoms with E-state index < -0.39 is 33.6 Å². The summed E-state index contributed by atoms with van der Waals surface area (Å²) in [6, 6.07) is 17.8. The van der Waals surface area contributed by atoms with Gasteiger partial charge in [-0.1, -0.05) is 55.5 Å². The van der Waals surface area contributed by atoms with Gasteiger partial charge >= 0.3 is 12.0 Å². The summed E-state index contributed by atoms with van der Waals surface area (Å²) in [6.45, 7) is 2.88. The predicted octanol–water partition coefficient (Wildman–Crippen LogP) is 1.43. The molecule has 1 aliphatic heterocycles. The van der Waals surface area contributed by atoms with Crippen molar-refractivity contribution in [2.24, 2.45) is 5.92 Å². The minimum Gasteiger partial charge on any atom is -0.480 e. The molecule has 2 aliphatic rings. The van der Waals surface area contributed by atoms with Crippen molar-refractivity contribution in [3.63, 3.8) is 0 Å². The van der Waals surface area contributed by atoms with Crippen LogP contribution in [0.5, 0.6) is 0 Å². The minimum absolute atomic E-state index is 0.260. The smallest absolute Gasteiger partial charge is 0.325 e. The van der Waals surface area contributed by atoms with Gasteiger partial charge in [0.1, 0.15) is 5.54 Å². The molecule has 0 bridgehead atoms. The van der Waals surface area contributed by atoms with E-state index in [4.69, 9.17) is 0 Å². The Bertz CT molecular complexity index is 1110. The number of hydrogen-bond donors (Lipinski definition) is 4. The molecule has 4 N–H and O–H groups in total. The Balaban J connectivity index is 1.35. The molecular weight excluding hydrogens is 446 g/mol. The average molecular weight is 474 g/mol. The number of piperazine rings is 1. The molecule has 176 valence electrons. The topological polar surface area (TPSA) is 131 Å². The number of carboxylic acid groups (broad SMARTS) is 1. The first kappa shape index (κ1) is 23.2. The van der Waals surface area contributed by atoms with Gasteiger partial charge in [0.25, 0.3) is 10.2 Å². The zero-order valence-electron chi connectivity index (χ0n) is 18.1. The lowest BCUT2D eigenvalue weighted by Gasteiger charge is -2.34. The van der Waals surface area contributed by atoms with Crippen LogP contribution in [0.1, 0.15) is 18.4 Å². The van der Waals surface area contributed by atoms with E-state index in [1.807, 2.05) is 24.3 Å². The quantitative estimate of drug-likeness (QED) is 0.481. The maximum Gasteiger partial charge on any atom is 0.325 e. The van der Waals surface area contributed by atoms with Crippen LogP contribution in [0.3, 0.4) is 0 Å². The molecule has 2 amide bonds. The molecule has 4 rings (SSSR count). The molecule has 0 radical (unpaired) electrons. The first-order valence-electron chi connectivity index (χ1n) is 10.7. The maximum absolute atomic E-state index is 12.8. The number of urea groups is 1. The van der Waals surface area contributed by atoms with Crippen molar-refractivity contribution < 1.29 is 23.1 Å². The number of para-hydroxylation sites is 1. The number of hydrazine groups is 1. The van der Waals surface area contributed by atoms with E-state index in [2.05, 4.69) is 14.9 Å². The van der Waals surface area contributed by atoms with E-state index in [0.29, 0.717) is 18.8 Å². The van der Waals surface area contributed by atoms with Crippen LogP contribution < -0.4 is 14.9 Å². The van der Waals surface area contributed by atoms with Crippen LogP contribution in [0, 0.1) is 5.92 Å². The van der Waals surface area contributed by atoms with E-state index in [0.717, 1.165) is 5.56 Å². The normalized spacial score (nSPS) is 25.4. The Kier molecular flexibility index (Phi) is 6.39. The number of nitrogens with one attached hydrogen (secondary N) is 3. The Hall–Kier alpha value is -2.99. The second kappa shape index (κ2) is 9.10. The Morgan fingerprint density at radius 2 is 1.55 bits per heavy atom. The molecule has 2 aromatic rings. The number of rotatable bonds is 7. The summed E-state index contributed by atoms with van der Waals surface area (Å²) in [5, 5.41) is 14.1. The van der Waals surface area contributed by atoms with Crippen molar-refractivity contribution in [3.8, 4) is 0 Å². The lowest BCUT2D eigenvalue weighted by molar-refractivity contribution is -0.140. The standard InChI is InChI=1S/C22H27N5O5S/c1-16-19(17-8-4-2-5-9-17)22(16,20(28)29)24-33(31,32)25-27-14-12-26(13-15-27)21(30)23-18-10-6-3-7-11-18/h2-11,16,19,24-25H,12-15H2,1H3,(H,23,30)(H,28,29)/t16-,19-,22+/m1/s1. The first-order valence-corrected chi connectivity index (χ1v) is 12.2. The van der Waals surface area contributed by atoms with Gasteiger partial charge in [0.2, 0.25) is 0 Å². The molecule has 1 heterocycles. The van der Waals surface area contributed by atoms with E-state index >= 15 is 0 Å². The second-order valence-electron chi connectivity index (χ2n) is 8.32. The summed E-state index contributed by atoms with van der Waals surface area (Å²) in [5.74, 6) is -2.09. The fourth-order valence-electron chi connectivity index (χ4n) is 4.44. The highest BCUT2D eigenvalue weighted by Gasteiger charge is 2.70. The van der Waals surface area contributed by atoms with Crippen molar-refractivity contribution in [2.45, 2.75) is 18.4 Å². The number of benzene rings is 2. The van der Waals surface area contributed by atoms with Crippen molar-refractivity contribution in [1.29, 1.82) is 0 Å². The van der Waals surface area contributed by atoms with Crippen LogP contribution >= 0.6 is 0 Å². The molecule has 1 saturated carbocycles. The molecule has 11 heteroatoms. The second-order valence-corrected chi connectivity index (χ2v) is 9.71. The van der Waals surface area contributed by atoms with Gasteiger partial charge in [-0.15, -0.1) is 4.83 Å². The summed E-state index contributed by atoms with van der Waals surface area (Å²) >= 11 is 0. The lowest BCUT2D eigenvalue weighted by atomic mass is 10.1. The molecular formula is C22H27N5O5S.